The van der Waals surface area contributed by atoms with Gasteiger partial charge in [-0.1, -0.05) is 42.8 Å². The van der Waals surface area contributed by atoms with Crippen LogP contribution in [0.25, 0.3) is 10.9 Å². The van der Waals surface area contributed by atoms with E-state index < -0.39 is 29.4 Å². The number of nitrogens with zero attached hydrogens (tertiary/aromatic N) is 2. The quantitative estimate of drug-likeness (QED) is 0.366. The number of rotatable bonds is 6. The van der Waals surface area contributed by atoms with Gasteiger partial charge in [-0.3, -0.25) is 9.80 Å². The molecular weight excluding hydrogens is 511 g/mol. The molecule has 2 aliphatic heterocycles. The van der Waals surface area contributed by atoms with Gasteiger partial charge in [0.25, 0.3) is 0 Å². The number of aromatic nitrogens is 1. The van der Waals surface area contributed by atoms with E-state index in [0.29, 0.717) is 6.42 Å². The highest BCUT2D eigenvalue weighted by atomic mass is 19.1. The number of hydrogen-bond acceptors (Lipinski definition) is 3. The molecule has 40 heavy (non-hydrogen) atoms. The Balaban J connectivity index is 1.24. The average Bonchev–Trinajstić information content (AvgIpc) is 3.22. The summed E-state index contributed by atoms with van der Waals surface area (Å²) in [5, 5.41) is 1.04. The number of allylic oxidation sites excluding steroid dienone is 2. The molecule has 210 valence electrons. The zero-order valence-electron chi connectivity index (χ0n) is 23.0. The van der Waals surface area contributed by atoms with Crippen molar-refractivity contribution in [1.29, 1.82) is 0 Å². The molecule has 4 atom stereocenters. The molecule has 2 unspecified atom stereocenters. The Morgan fingerprint density at radius 3 is 2.52 bits per heavy atom. The largest absolute Gasteiger partial charge is 0.488 e. The third kappa shape index (κ3) is 4.38. The van der Waals surface area contributed by atoms with Gasteiger partial charge in [0.1, 0.15) is 29.2 Å². The molecule has 0 spiro atoms. The molecule has 1 saturated heterocycles. The Labute approximate surface area is 233 Å². The number of benzene rings is 2. The van der Waals surface area contributed by atoms with E-state index in [9.17, 15) is 0 Å². The van der Waals surface area contributed by atoms with Crippen molar-refractivity contribution in [2.45, 2.75) is 69.4 Å². The first-order chi connectivity index (χ1) is 19.3. The van der Waals surface area contributed by atoms with Crippen LogP contribution in [0.4, 0.5) is 13.2 Å². The molecule has 1 saturated carbocycles. The highest BCUT2D eigenvalue weighted by Crippen LogP contribution is 2.46. The maximum absolute atomic E-state index is 16.1. The predicted octanol–water partition coefficient (Wildman–Crippen LogP) is 6.87. The number of alkyl halides is 1. The second kappa shape index (κ2) is 9.81. The Morgan fingerprint density at radius 1 is 1.07 bits per heavy atom. The molecule has 4 nitrogen and oxygen atoms in total. The van der Waals surface area contributed by atoms with Crippen LogP contribution in [0.1, 0.15) is 56.0 Å². The first-order valence-electron chi connectivity index (χ1n) is 14.6. The smallest absolute Gasteiger partial charge is 0.145 e. The number of H-pyrrole nitrogens is 1. The lowest BCUT2D eigenvalue weighted by molar-refractivity contribution is 0.00161. The maximum Gasteiger partial charge on any atom is 0.145 e. The first-order valence-corrected chi connectivity index (χ1v) is 14.6. The Morgan fingerprint density at radius 2 is 1.82 bits per heavy atom. The number of nitrogens with one attached hydrogen (secondary N) is 1. The lowest BCUT2D eigenvalue weighted by Crippen LogP contribution is -2.55. The zero-order valence-corrected chi connectivity index (χ0v) is 23.0. The van der Waals surface area contributed by atoms with Gasteiger partial charge in [0.2, 0.25) is 0 Å². The summed E-state index contributed by atoms with van der Waals surface area (Å²) in [4.78, 5) is 7.74. The standard InChI is InChI=1S/C33H36F3N3O/c1-20-14-25-24-10-3-4-11-28(24)37-31(25)32(39(20)29-12-5-6-13-33(29,2)36)30-26(34)15-22(16-27(30)35)40-23-18-38(19-23)17-21-8-7-9-21/h3-6,10-13,15-16,20-21,23,29,32,37H,7-9,14,17-19H2,1-2H3/t20-,29?,32-,33?/m1/s1. The Hall–Kier alpha value is -3.03. The Kier molecular flexibility index (Phi) is 6.35. The highest BCUT2D eigenvalue weighted by Gasteiger charge is 2.47. The molecule has 1 aromatic heterocycles. The molecule has 7 heteroatoms. The van der Waals surface area contributed by atoms with Gasteiger partial charge in [-0.15, -0.1) is 0 Å². The van der Waals surface area contributed by atoms with E-state index in [4.69, 9.17) is 4.74 Å². The van der Waals surface area contributed by atoms with Crippen molar-refractivity contribution in [3.05, 3.63) is 89.2 Å². The third-order valence-corrected chi connectivity index (χ3v) is 9.45. The van der Waals surface area contributed by atoms with Gasteiger partial charge in [0.05, 0.1) is 12.1 Å². The number of aromatic amines is 1. The van der Waals surface area contributed by atoms with Gasteiger partial charge in [-0.2, -0.15) is 0 Å². The summed E-state index contributed by atoms with van der Waals surface area (Å²) < 4.78 is 54.1. The van der Waals surface area contributed by atoms with Gasteiger partial charge in [-0.05, 0) is 56.7 Å². The van der Waals surface area contributed by atoms with Crippen LogP contribution in [-0.2, 0) is 6.42 Å². The fourth-order valence-corrected chi connectivity index (χ4v) is 7.17. The zero-order chi connectivity index (χ0) is 27.6. The van der Waals surface area contributed by atoms with Crippen LogP contribution < -0.4 is 4.74 Å². The second-order valence-corrected chi connectivity index (χ2v) is 12.4. The Bertz CT molecular complexity index is 1460. The third-order valence-electron chi connectivity index (χ3n) is 9.45. The number of likely N-dealkylation sites (tertiary alicyclic amines) is 1. The van der Waals surface area contributed by atoms with E-state index in [1.807, 2.05) is 42.2 Å². The van der Waals surface area contributed by atoms with Crippen LogP contribution in [0.2, 0.25) is 0 Å². The molecular formula is C33H36F3N3O. The summed E-state index contributed by atoms with van der Waals surface area (Å²) in [6.45, 7) is 6.19. The summed E-state index contributed by atoms with van der Waals surface area (Å²) in [5.41, 5.74) is 0.878. The molecule has 0 amide bonds. The van der Waals surface area contributed by atoms with Crippen molar-refractivity contribution >= 4 is 10.9 Å². The molecule has 1 N–H and O–H groups in total. The molecule has 3 heterocycles. The summed E-state index contributed by atoms with van der Waals surface area (Å²) in [6.07, 6.45) is 11.3. The second-order valence-electron chi connectivity index (χ2n) is 12.4. The summed E-state index contributed by atoms with van der Waals surface area (Å²) >= 11 is 0. The minimum atomic E-state index is -1.70. The summed E-state index contributed by atoms with van der Waals surface area (Å²) in [7, 11) is 0. The molecule has 2 fully saturated rings. The van der Waals surface area contributed by atoms with Crippen molar-refractivity contribution in [2.24, 2.45) is 5.92 Å². The van der Waals surface area contributed by atoms with E-state index in [1.165, 1.54) is 44.4 Å². The van der Waals surface area contributed by atoms with Gasteiger partial charge < -0.3 is 9.72 Å². The molecule has 0 bridgehead atoms. The fraction of sp³-hybridized carbons (Fsp3) is 0.455. The van der Waals surface area contributed by atoms with Crippen molar-refractivity contribution in [2.75, 3.05) is 19.6 Å². The van der Waals surface area contributed by atoms with Crippen LogP contribution in [-0.4, -0.2) is 58.3 Å². The molecule has 2 aromatic carbocycles. The molecule has 3 aromatic rings. The lowest BCUT2D eigenvalue weighted by atomic mass is 9.82. The monoisotopic (exact) mass is 547 g/mol. The van der Waals surface area contributed by atoms with Crippen molar-refractivity contribution < 1.29 is 17.9 Å². The topological polar surface area (TPSA) is 31.5 Å². The average molecular weight is 548 g/mol. The predicted molar refractivity (Wildman–Crippen MR) is 151 cm³/mol. The van der Waals surface area contributed by atoms with Crippen LogP contribution in [0.3, 0.4) is 0 Å². The summed E-state index contributed by atoms with van der Waals surface area (Å²) in [6, 6.07) is 8.82. The van der Waals surface area contributed by atoms with E-state index in [0.717, 1.165) is 47.7 Å². The minimum Gasteiger partial charge on any atom is -0.488 e. The van der Waals surface area contributed by atoms with Gasteiger partial charge in [0.15, 0.2) is 0 Å². The molecule has 4 aliphatic rings. The molecule has 2 aliphatic carbocycles. The van der Waals surface area contributed by atoms with Crippen LogP contribution in [0.5, 0.6) is 5.75 Å². The minimum absolute atomic E-state index is 0.0670. The van der Waals surface area contributed by atoms with Gasteiger partial charge >= 0.3 is 0 Å². The number of ether oxygens (including phenoxy) is 1. The maximum atomic E-state index is 16.1. The molecule has 0 radical (unpaired) electrons. The summed E-state index contributed by atoms with van der Waals surface area (Å²) in [5.74, 6) is -0.364. The van der Waals surface area contributed by atoms with Crippen molar-refractivity contribution in [3.8, 4) is 5.75 Å². The highest BCUT2D eigenvalue weighted by molar-refractivity contribution is 5.85. The lowest BCUT2D eigenvalue weighted by Gasteiger charge is -2.48. The SMILES string of the molecule is C[C@@H]1Cc2c([nH]c3ccccc23)[C@@H](c2c(F)cc(OC3CN(CC4CCC4)C3)cc2F)N1C1C=CC=CC1(C)F. The van der Waals surface area contributed by atoms with Crippen molar-refractivity contribution in [1.82, 2.24) is 14.8 Å². The van der Waals surface area contributed by atoms with Gasteiger partial charge in [0, 0.05) is 60.0 Å². The van der Waals surface area contributed by atoms with Crippen LogP contribution in [0.15, 0.2) is 60.7 Å². The van der Waals surface area contributed by atoms with Crippen LogP contribution in [0, 0.1) is 17.6 Å². The fourth-order valence-electron chi connectivity index (χ4n) is 7.17. The number of fused-ring (bicyclic) bond motifs is 3. The van der Waals surface area contributed by atoms with E-state index >= 15 is 13.2 Å². The van der Waals surface area contributed by atoms with Gasteiger partial charge in [-0.25, -0.2) is 13.2 Å². The van der Waals surface area contributed by atoms with E-state index in [2.05, 4.69) is 9.88 Å². The first kappa shape index (κ1) is 25.9. The number of hydrogen-bond donors (Lipinski definition) is 1. The number of halogens is 3. The number of para-hydroxylation sites is 1. The van der Waals surface area contributed by atoms with E-state index in [1.54, 1.807) is 12.2 Å². The van der Waals surface area contributed by atoms with Crippen LogP contribution >= 0.6 is 0 Å². The normalized spacial score (nSPS) is 29.4. The van der Waals surface area contributed by atoms with Crippen molar-refractivity contribution in [3.63, 3.8) is 0 Å². The van der Waals surface area contributed by atoms with E-state index in [-0.39, 0.29) is 23.5 Å². The molecule has 7 rings (SSSR count).